The third-order valence-electron chi connectivity index (χ3n) is 2.97. The molecule has 0 N–H and O–H groups in total. The zero-order chi connectivity index (χ0) is 15.4. The fraction of sp³-hybridized carbons (Fsp3) is 0.125. The Morgan fingerprint density at radius 1 is 1.05 bits per heavy atom. The van der Waals surface area contributed by atoms with E-state index in [-0.39, 0.29) is 6.61 Å². The fourth-order valence-electron chi connectivity index (χ4n) is 1.89. The van der Waals surface area contributed by atoms with Crippen LogP contribution < -0.4 is 9.47 Å². The smallest absolute Gasteiger partial charge is 0.254 e. The lowest BCUT2D eigenvalue weighted by atomic mass is 10.2. The van der Waals surface area contributed by atoms with Gasteiger partial charge in [-0.15, -0.1) is 10.2 Å². The Labute approximate surface area is 132 Å². The molecule has 0 aliphatic heterocycles. The maximum absolute atomic E-state index is 6.10. The molecule has 3 aromatic rings. The molecule has 0 saturated carbocycles. The zero-order valence-electron chi connectivity index (χ0n) is 11.8. The number of ether oxygens (including phenoxy) is 2. The molecule has 1 heterocycles. The first kappa shape index (κ1) is 14.4. The van der Waals surface area contributed by atoms with Gasteiger partial charge in [0.25, 0.3) is 5.89 Å². The van der Waals surface area contributed by atoms with Crippen molar-refractivity contribution in [1.29, 1.82) is 0 Å². The van der Waals surface area contributed by atoms with Crippen LogP contribution in [0.1, 0.15) is 5.89 Å². The first-order chi connectivity index (χ1) is 10.8. The van der Waals surface area contributed by atoms with Crippen LogP contribution in [0.2, 0.25) is 5.02 Å². The average molecular weight is 317 g/mol. The van der Waals surface area contributed by atoms with Crippen LogP contribution in [-0.4, -0.2) is 17.3 Å². The van der Waals surface area contributed by atoms with E-state index < -0.39 is 0 Å². The summed E-state index contributed by atoms with van der Waals surface area (Å²) in [6.45, 7) is 0.171. The zero-order valence-corrected chi connectivity index (χ0v) is 12.6. The molecule has 6 heteroatoms. The van der Waals surface area contributed by atoms with Crippen molar-refractivity contribution in [2.75, 3.05) is 7.11 Å². The van der Waals surface area contributed by atoms with Gasteiger partial charge in [0.1, 0.15) is 11.5 Å². The van der Waals surface area contributed by atoms with Gasteiger partial charge in [-0.3, -0.25) is 0 Å². The lowest BCUT2D eigenvalue weighted by Gasteiger charge is -2.05. The predicted molar refractivity (Wildman–Crippen MR) is 82.1 cm³/mol. The Morgan fingerprint density at radius 3 is 2.68 bits per heavy atom. The third kappa shape index (κ3) is 3.20. The van der Waals surface area contributed by atoms with E-state index in [9.17, 15) is 0 Å². The van der Waals surface area contributed by atoms with Crippen molar-refractivity contribution in [3.63, 3.8) is 0 Å². The van der Waals surface area contributed by atoms with Gasteiger partial charge in [-0.2, -0.15) is 0 Å². The minimum atomic E-state index is 0.171. The minimum absolute atomic E-state index is 0.171. The number of hydrogen-bond donors (Lipinski definition) is 0. The van der Waals surface area contributed by atoms with Crippen molar-refractivity contribution in [2.45, 2.75) is 6.61 Å². The molecule has 3 rings (SSSR count). The molecule has 112 valence electrons. The lowest BCUT2D eigenvalue weighted by Crippen LogP contribution is -1.96. The van der Waals surface area contributed by atoms with E-state index in [0.717, 1.165) is 5.75 Å². The summed E-state index contributed by atoms with van der Waals surface area (Å²) in [7, 11) is 1.60. The van der Waals surface area contributed by atoms with Gasteiger partial charge in [-0.1, -0.05) is 29.8 Å². The molecule has 0 unspecified atom stereocenters. The summed E-state index contributed by atoms with van der Waals surface area (Å²) < 4.78 is 16.3. The average Bonchev–Trinajstić information content (AvgIpc) is 3.02. The second-order valence-corrected chi connectivity index (χ2v) is 4.86. The molecule has 22 heavy (non-hydrogen) atoms. The van der Waals surface area contributed by atoms with Gasteiger partial charge in [0.2, 0.25) is 5.89 Å². The summed E-state index contributed by atoms with van der Waals surface area (Å²) in [4.78, 5) is 0. The largest absolute Gasteiger partial charge is 0.497 e. The van der Waals surface area contributed by atoms with Crippen LogP contribution in [0.15, 0.2) is 52.9 Å². The Hall–Kier alpha value is -2.53. The van der Waals surface area contributed by atoms with Crippen molar-refractivity contribution in [3.05, 3.63) is 59.4 Å². The lowest BCUT2D eigenvalue weighted by molar-refractivity contribution is 0.263. The van der Waals surface area contributed by atoms with E-state index in [1.54, 1.807) is 19.2 Å². The van der Waals surface area contributed by atoms with Gasteiger partial charge in [-0.25, -0.2) is 0 Å². The Kier molecular flexibility index (Phi) is 4.25. The number of rotatable bonds is 5. The summed E-state index contributed by atoms with van der Waals surface area (Å²) in [5.41, 5.74) is 0.698. The minimum Gasteiger partial charge on any atom is -0.497 e. The number of benzene rings is 2. The third-order valence-corrected chi connectivity index (χ3v) is 3.30. The highest BCUT2D eigenvalue weighted by molar-refractivity contribution is 6.33. The maximum Gasteiger partial charge on any atom is 0.254 e. The number of aromatic nitrogens is 2. The van der Waals surface area contributed by atoms with Crippen LogP contribution in [-0.2, 0) is 6.61 Å². The fourth-order valence-corrected chi connectivity index (χ4v) is 2.11. The molecular formula is C16H13ClN2O3. The standard InChI is InChI=1S/C16H13ClN2O3/c1-20-11-5-4-6-12(9-11)21-10-15-18-19-16(22-15)13-7-2-3-8-14(13)17/h2-9H,10H2,1H3. The van der Waals surface area contributed by atoms with Gasteiger partial charge in [-0.05, 0) is 24.3 Å². The summed E-state index contributed by atoms with van der Waals surface area (Å²) in [6.07, 6.45) is 0. The summed E-state index contributed by atoms with van der Waals surface area (Å²) in [5, 5.41) is 8.51. The molecule has 0 fully saturated rings. The number of methoxy groups -OCH3 is 1. The van der Waals surface area contributed by atoms with E-state index >= 15 is 0 Å². The van der Waals surface area contributed by atoms with E-state index in [1.807, 2.05) is 36.4 Å². The molecule has 5 nitrogen and oxygen atoms in total. The van der Waals surface area contributed by atoms with E-state index in [0.29, 0.717) is 28.1 Å². The molecular weight excluding hydrogens is 304 g/mol. The van der Waals surface area contributed by atoms with Crippen LogP contribution in [0.4, 0.5) is 0 Å². The first-order valence-corrected chi connectivity index (χ1v) is 6.98. The second kappa shape index (κ2) is 6.49. The predicted octanol–water partition coefficient (Wildman–Crippen LogP) is 3.98. The topological polar surface area (TPSA) is 57.4 Å². The van der Waals surface area contributed by atoms with Crippen LogP contribution in [0.5, 0.6) is 11.5 Å². The molecule has 0 bridgehead atoms. The highest BCUT2D eigenvalue weighted by Gasteiger charge is 2.11. The van der Waals surface area contributed by atoms with E-state index in [2.05, 4.69) is 10.2 Å². The molecule has 0 aliphatic rings. The normalized spacial score (nSPS) is 10.5. The molecule has 1 aromatic heterocycles. The van der Waals surface area contributed by atoms with Crippen molar-refractivity contribution in [1.82, 2.24) is 10.2 Å². The van der Waals surface area contributed by atoms with E-state index in [1.165, 1.54) is 0 Å². The number of nitrogens with zero attached hydrogens (tertiary/aromatic N) is 2. The van der Waals surface area contributed by atoms with Gasteiger partial charge in [0.05, 0.1) is 17.7 Å². The second-order valence-electron chi connectivity index (χ2n) is 4.45. The van der Waals surface area contributed by atoms with Gasteiger partial charge < -0.3 is 13.9 Å². The number of hydrogen-bond acceptors (Lipinski definition) is 5. The molecule has 0 radical (unpaired) electrons. The Bertz CT molecular complexity index is 773. The quantitative estimate of drug-likeness (QED) is 0.712. The van der Waals surface area contributed by atoms with Crippen LogP contribution >= 0.6 is 11.6 Å². The first-order valence-electron chi connectivity index (χ1n) is 6.60. The Balaban J connectivity index is 1.71. The SMILES string of the molecule is COc1cccc(OCc2nnc(-c3ccccc3Cl)o2)c1. The highest BCUT2D eigenvalue weighted by Crippen LogP contribution is 2.26. The highest BCUT2D eigenvalue weighted by atomic mass is 35.5. The van der Waals surface area contributed by atoms with Crippen LogP contribution in [0.25, 0.3) is 11.5 Å². The molecule has 0 saturated heterocycles. The van der Waals surface area contributed by atoms with Gasteiger partial charge in [0, 0.05) is 6.07 Å². The van der Waals surface area contributed by atoms with Crippen molar-refractivity contribution < 1.29 is 13.9 Å². The molecule has 2 aromatic carbocycles. The van der Waals surface area contributed by atoms with E-state index in [4.69, 9.17) is 25.5 Å². The monoisotopic (exact) mass is 316 g/mol. The summed E-state index contributed by atoms with van der Waals surface area (Å²) in [5.74, 6) is 2.13. The molecule has 0 aliphatic carbocycles. The summed E-state index contributed by atoms with van der Waals surface area (Å²) >= 11 is 6.10. The Morgan fingerprint density at radius 2 is 1.86 bits per heavy atom. The molecule has 0 amide bonds. The van der Waals surface area contributed by atoms with Crippen molar-refractivity contribution in [3.8, 4) is 23.0 Å². The molecule has 0 atom stereocenters. The maximum atomic E-state index is 6.10. The van der Waals surface area contributed by atoms with Crippen LogP contribution in [0, 0.1) is 0 Å². The molecule has 0 spiro atoms. The van der Waals surface area contributed by atoms with Gasteiger partial charge >= 0.3 is 0 Å². The summed E-state index contributed by atoms with van der Waals surface area (Å²) in [6, 6.07) is 14.6. The van der Waals surface area contributed by atoms with Crippen molar-refractivity contribution >= 4 is 11.6 Å². The van der Waals surface area contributed by atoms with Gasteiger partial charge in [0.15, 0.2) is 6.61 Å². The van der Waals surface area contributed by atoms with Crippen molar-refractivity contribution in [2.24, 2.45) is 0 Å². The number of halogens is 1. The van der Waals surface area contributed by atoms with Crippen LogP contribution in [0.3, 0.4) is 0 Å².